The van der Waals surface area contributed by atoms with Gasteiger partial charge in [-0.25, -0.2) is 0 Å². The van der Waals surface area contributed by atoms with Crippen molar-refractivity contribution in [2.75, 3.05) is 13.2 Å². The van der Waals surface area contributed by atoms with E-state index in [0.717, 1.165) is 37.3 Å². The lowest BCUT2D eigenvalue weighted by atomic mass is 9.91. The van der Waals surface area contributed by atoms with Crippen molar-refractivity contribution in [1.29, 1.82) is 0 Å². The fourth-order valence-electron chi connectivity index (χ4n) is 2.10. The molecule has 0 aromatic carbocycles. The molecule has 1 unspecified atom stereocenters. The Hall–Kier alpha value is -0.930. The number of aliphatic hydroxyl groups excluding tert-OH is 1. The standard InChI is InChI=1S/C13H19NO2/c1-10-2-3-12(14-9-10)8-13(15)11-4-6-16-7-5-11/h2-3,9,11,13,15H,4-8H2,1H3. The summed E-state index contributed by atoms with van der Waals surface area (Å²) in [6, 6.07) is 4.04. The third-order valence-electron chi connectivity index (χ3n) is 3.20. The summed E-state index contributed by atoms with van der Waals surface area (Å²) in [5, 5.41) is 10.1. The molecule has 1 aromatic heterocycles. The van der Waals surface area contributed by atoms with Crippen LogP contribution >= 0.6 is 0 Å². The molecule has 0 aliphatic carbocycles. The third kappa shape index (κ3) is 3.03. The van der Waals surface area contributed by atoms with Crippen LogP contribution in [0.5, 0.6) is 0 Å². The van der Waals surface area contributed by atoms with Crippen molar-refractivity contribution in [3.63, 3.8) is 0 Å². The summed E-state index contributed by atoms with van der Waals surface area (Å²) < 4.78 is 5.29. The number of hydrogen-bond donors (Lipinski definition) is 1. The maximum absolute atomic E-state index is 10.1. The summed E-state index contributed by atoms with van der Waals surface area (Å²) >= 11 is 0. The Balaban J connectivity index is 1.90. The average molecular weight is 221 g/mol. The van der Waals surface area contributed by atoms with Crippen molar-refractivity contribution in [2.24, 2.45) is 5.92 Å². The monoisotopic (exact) mass is 221 g/mol. The van der Waals surface area contributed by atoms with Gasteiger partial charge >= 0.3 is 0 Å². The lowest BCUT2D eigenvalue weighted by molar-refractivity contribution is 0.00806. The molecule has 3 nitrogen and oxygen atoms in total. The van der Waals surface area contributed by atoms with Crippen molar-refractivity contribution in [3.8, 4) is 0 Å². The molecule has 0 amide bonds. The van der Waals surface area contributed by atoms with Gasteiger partial charge in [0.2, 0.25) is 0 Å². The van der Waals surface area contributed by atoms with Crippen molar-refractivity contribution in [1.82, 2.24) is 4.98 Å². The van der Waals surface area contributed by atoms with E-state index < -0.39 is 0 Å². The molecule has 2 rings (SSSR count). The second-order valence-corrected chi connectivity index (χ2v) is 4.55. The lowest BCUT2D eigenvalue weighted by Crippen LogP contribution is -2.29. The van der Waals surface area contributed by atoms with Gasteiger partial charge in [-0.3, -0.25) is 4.98 Å². The average Bonchev–Trinajstić information content (AvgIpc) is 2.33. The minimum Gasteiger partial charge on any atom is -0.392 e. The smallest absolute Gasteiger partial charge is 0.0625 e. The first-order valence-corrected chi connectivity index (χ1v) is 5.93. The van der Waals surface area contributed by atoms with Crippen LogP contribution in [0.1, 0.15) is 24.1 Å². The molecule has 1 N–H and O–H groups in total. The molecule has 0 saturated carbocycles. The van der Waals surface area contributed by atoms with E-state index in [4.69, 9.17) is 4.74 Å². The van der Waals surface area contributed by atoms with Gasteiger partial charge in [0.25, 0.3) is 0 Å². The second-order valence-electron chi connectivity index (χ2n) is 4.55. The SMILES string of the molecule is Cc1ccc(CC(O)C2CCOCC2)nc1. The Morgan fingerprint density at radius 1 is 1.44 bits per heavy atom. The molecule has 1 aliphatic rings. The molecular weight excluding hydrogens is 202 g/mol. The fourth-order valence-corrected chi connectivity index (χ4v) is 2.10. The molecule has 0 bridgehead atoms. The number of aliphatic hydroxyl groups is 1. The van der Waals surface area contributed by atoms with Crippen molar-refractivity contribution >= 4 is 0 Å². The van der Waals surface area contributed by atoms with E-state index in [9.17, 15) is 5.11 Å². The zero-order chi connectivity index (χ0) is 11.4. The number of ether oxygens (including phenoxy) is 1. The van der Waals surface area contributed by atoms with Crippen LogP contribution < -0.4 is 0 Å². The van der Waals surface area contributed by atoms with Crippen LogP contribution in [0, 0.1) is 12.8 Å². The molecule has 1 saturated heterocycles. The molecule has 1 fully saturated rings. The Bertz CT molecular complexity index is 317. The van der Waals surface area contributed by atoms with Gasteiger partial charge in [0, 0.05) is 31.5 Å². The van der Waals surface area contributed by atoms with Gasteiger partial charge in [-0.1, -0.05) is 6.07 Å². The maximum Gasteiger partial charge on any atom is 0.0625 e. The summed E-state index contributed by atoms with van der Waals surface area (Å²) in [6.07, 6.45) is 4.16. The van der Waals surface area contributed by atoms with E-state index in [2.05, 4.69) is 4.98 Å². The van der Waals surface area contributed by atoms with Crippen LogP contribution in [-0.4, -0.2) is 29.4 Å². The van der Waals surface area contributed by atoms with Gasteiger partial charge in [-0.05, 0) is 37.3 Å². The number of aromatic nitrogens is 1. The van der Waals surface area contributed by atoms with Crippen LogP contribution in [0.4, 0.5) is 0 Å². The molecule has 16 heavy (non-hydrogen) atoms. The molecule has 88 valence electrons. The quantitative estimate of drug-likeness (QED) is 0.845. The van der Waals surface area contributed by atoms with E-state index >= 15 is 0 Å². The van der Waals surface area contributed by atoms with Crippen molar-refractivity contribution in [2.45, 2.75) is 32.3 Å². The molecule has 3 heteroatoms. The largest absolute Gasteiger partial charge is 0.392 e. The summed E-state index contributed by atoms with van der Waals surface area (Å²) in [5.41, 5.74) is 2.13. The van der Waals surface area contributed by atoms with Gasteiger partial charge in [0.15, 0.2) is 0 Å². The first-order chi connectivity index (χ1) is 7.75. The first-order valence-electron chi connectivity index (χ1n) is 5.93. The predicted octanol–water partition coefficient (Wildman–Crippen LogP) is 1.72. The highest BCUT2D eigenvalue weighted by Crippen LogP contribution is 2.20. The highest BCUT2D eigenvalue weighted by atomic mass is 16.5. The Morgan fingerprint density at radius 2 is 2.19 bits per heavy atom. The Morgan fingerprint density at radius 3 is 2.81 bits per heavy atom. The van der Waals surface area contributed by atoms with E-state index in [-0.39, 0.29) is 6.10 Å². The van der Waals surface area contributed by atoms with E-state index in [1.165, 1.54) is 0 Å². The van der Waals surface area contributed by atoms with Crippen molar-refractivity contribution in [3.05, 3.63) is 29.6 Å². The molecule has 1 atom stereocenters. The molecule has 1 aliphatic heterocycles. The zero-order valence-electron chi connectivity index (χ0n) is 9.72. The maximum atomic E-state index is 10.1. The highest BCUT2D eigenvalue weighted by molar-refractivity contribution is 5.12. The summed E-state index contributed by atoms with van der Waals surface area (Å²) in [6.45, 7) is 3.58. The van der Waals surface area contributed by atoms with Crippen LogP contribution in [-0.2, 0) is 11.2 Å². The molecule has 0 radical (unpaired) electrons. The van der Waals surface area contributed by atoms with Crippen molar-refractivity contribution < 1.29 is 9.84 Å². The summed E-state index contributed by atoms with van der Waals surface area (Å²) in [4.78, 5) is 4.32. The van der Waals surface area contributed by atoms with Crippen LogP contribution in [0.3, 0.4) is 0 Å². The summed E-state index contributed by atoms with van der Waals surface area (Å²) in [5.74, 6) is 0.372. The third-order valence-corrected chi connectivity index (χ3v) is 3.20. The second kappa shape index (κ2) is 5.41. The van der Waals surface area contributed by atoms with Gasteiger partial charge < -0.3 is 9.84 Å². The normalized spacial score (nSPS) is 19.6. The van der Waals surface area contributed by atoms with Gasteiger partial charge in [0.1, 0.15) is 0 Å². The minimum absolute atomic E-state index is 0.279. The number of rotatable bonds is 3. The van der Waals surface area contributed by atoms with Gasteiger partial charge in [-0.15, -0.1) is 0 Å². The van der Waals surface area contributed by atoms with E-state index in [1.54, 1.807) is 0 Å². The molecule has 1 aromatic rings. The summed E-state index contributed by atoms with van der Waals surface area (Å²) in [7, 11) is 0. The number of hydrogen-bond acceptors (Lipinski definition) is 3. The number of pyridine rings is 1. The highest BCUT2D eigenvalue weighted by Gasteiger charge is 2.22. The van der Waals surface area contributed by atoms with Gasteiger partial charge in [-0.2, -0.15) is 0 Å². The zero-order valence-corrected chi connectivity index (χ0v) is 9.72. The van der Waals surface area contributed by atoms with Crippen LogP contribution in [0.15, 0.2) is 18.3 Å². The minimum atomic E-state index is -0.279. The lowest BCUT2D eigenvalue weighted by Gasteiger charge is -2.26. The Kier molecular flexibility index (Phi) is 3.91. The van der Waals surface area contributed by atoms with E-state index in [0.29, 0.717) is 12.3 Å². The fraction of sp³-hybridized carbons (Fsp3) is 0.615. The molecule has 2 heterocycles. The number of aryl methyl sites for hydroxylation is 1. The van der Waals surface area contributed by atoms with Crippen LogP contribution in [0.25, 0.3) is 0 Å². The molecular formula is C13H19NO2. The Labute approximate surface area is 96.5 Å². The van der Waals surface area contributed by atoms with E-state index in [1.807, 2.05) is 25.3 Å². The molecule has 0 spiro atoms. The topological polar surface area (TPSA) is 42.4 Å². The van der Waals surface area contributed by atoms with Crippen LogP contribution in [0.2, 0.25) is 0 Å². The number of nitrogens with zero attached hydrogens (tertiary/aromatic N) is 1. The van der Waals surface area contributed by atoms with Gasteiger partial charge in [0.05, 0.1) is 6.10 Å². The first kappa shape index (κ1) is 11.6. The predicted molar refractivity (Wildman–Crippen MR) is 62.2 cm³/mol.